The quantitative estimate of drug-likeness (QED) is 0.517. The van der Waals surface area contributed by atoms with Crippen LogP contribution in [0.25, 0.3) is 6.08 Å². The zero-order valence-corrected chi connectivity index (χ0v) is 15.6. The smallest absolute Gasteiger partial charge is 0.247 e. The Morgan fingerprint density at radius 2 is 1.89 bits per heavy atom. The van der Waals surface area contributed by atoms with Crippen LogP contribution in [0.3, 0.4) is 0 Å². The molecule has 3 nitrogen and oxygen atoms in total. The van der Waals surface area contributed by atoms with E-state index in [0.29, 0.717) is 5.76 Å². The van der Waals surface area contributed by atoms with Crippen LogP contribution in [0, 0.1) is 12.7 Å². The lowest BCUT2D eigenvalue weighted by molar-refractivity contribution is -0.127. The van der Waals surface area contributed by atoms with Crippen LogP contribution in [-0.4, -0.2) is 10.8 Å². The highest BCUT2D eigenvalue weighted by Crippen LogP contribution is 2.22. The number of rotatable bonds is 6. The maximum absolute atomic E-state index is 14.2. The summed E-state index contributed by atoms with van der Waals surface area (Å²) in [5.41, 5.74) is 2.34. The zero-order valence-electron chi connectivity index (χ0n) is 14.9. The second kappa shape index (κ2) is 8.69. The maximum Gasteiger partial charge on any atom is 0.247 e. The van der Waals surface area contributed by atoms with Gasteiger partial charge in [-0.3, -0.25) is 4.79 Å². The van der Waals surface area contributed by atoms with Crippen LogP contribution >= 0.6 is 11.6 Å². The average molecular weight is 384 g/mol. The lowest BCUT2D eigenvalue weighted by atomic mass is 10.1. The minimum absolute atomic E-state index is 0.0449. The average Bonchev–Trinajstić information content (AvgIpc) is 3.16. The standard InChI is InChI=1S/C22H19ClFNO2/c1-16-7-9-17(10-8-16)11-12-22(26)25(14-18-4-3-13-27-18)15-19-20(23)5-2-6-21(19)24/h2-13H,14-15H2,1H3/b12-11+. The Kier molecular flexibility index (Phi) is 6.09. The Morgan fingerprint density at radius 1 is 1.11 bits per heavy atom. The SMILES string of the molecule is Cc1ccc(/C=C/C(=O)N(Cc2ccco2)Cc2c(F)cccc2Cl)cc1. The van der Waals surface area contributed by atoms with Gasteiger partial charge in [-0.1, -0.05) is 47.5 Å². The van der Waals surface area contributed by atoms with Gasteiger partial charge in [0.2, 0.25) is 5.91 Å². The molecule has 0 aliphatic carbocycles. The molecule has 5 heteroatoms. The molecule has 3 aromatic rings. The largest absolute Gasteiger partial charge is 0.467 e. The zero-order chi connectivity index (χ0) is 19.2. The van der Waals surface area contributed by atoms with Gasteiger partial charge in [0, 0.05) is 16.7 Å². The lowest BCUT2D eigenvalue weighted by Gasteiger charge is -2.21. The van der Waals surface area contributed by atoms with Gasteiger partial charge in [-0.2, -0.15) is 0 Å². The van der Waals surface area contributed by atoms with Gasteiger partial charge in [0.05, 0.1) is 19.4 Å². The van der Waals surface area contributed by atoms with Crippen LogP contribution in [0.5, 0.6) is 0 Å². The van der Waals surface area contributed by atoms with Crippen molar-refractivity contribution >= 4 is 23.6 Å². The summed E-state index contributed by atoms with van der Waals surface area (Å²) in [6.07, 6.45) is 4.75. The molecule has 27 heavy (non-hydrogen) atoms. The van der Waals surface area contributed by atoms with Crippen LogP contribution < -0.4 is 0 Å². The predicted octanol–water partition coefficient (Wildman–Crippen LogP) is 5.62. The monoisotopic (exact) mass is 383 g/mol. The van der Waals surface area contributed by atoms with E-state index in [0.717, 1.165) is 11.1 Å². The number of nitrogens with zero attached hydrogens (tertiary/aromatic N) is 1. The van der Waals surface area contributed by atoms with Crippen LogP contribution in [0.1, 0.15) is 22.5 Å². The summed E-state index contributed by atoms with van der Waals surface area (Å²) in [5, 5.41) is 0.287. The van der Waals surface area contributed by atoms with Crippen molar-refractivity contribution in [2.75, 3.05) is 0 Å². The number of furan rings is 1. The summed E-state index contributed by atoms with van der Waals surface area (Å²) in [6.45, 7) is 2.26. The van der Waals surface area contributed by atoms with Crippen LogP contribution in [0.2, 0.25) is 5.02 Å². The molecule has 2 aromatic carbocycles. The van der Waals surface area contributed by atoms with Gasteiger partial charge in [0.1, 0.15) is 11.6 Å². The number of carbonyl (C=O) groups excluding carboxylic acids is 1. The van der Waals surface area contributed by atoms with Gasteiger partial charge in [-0.05, 0) is 42.8 Å². The second-order valence-corrected chi connectivity index (χ2v) is 6.63. The van der Waals surface area contributed by atoms with E-state index in [2.05, 4.69) is 0 Å². The molecular formula is C22H19ClFNO2. The highest BCUT2D eigenvalue weighted by atomic mass is 35.5. The topological polar surface area (TPSA) is 33.5 Å². The van der Waals surface area contributed by atoms with E-state index in [9.17, 15) is 9.18 Å². The van der Waals surface area contributed by atoms with Gasteiger partial charge < -0.3 is 9.32 Å². The van der Waals surface area contributed by atoms with E-state index in [1.54, 1.807) is 24.3 Å². The molecule has 0 spiro atoms. The first-order valence-electron chi connectivity index (χ1n) is 8.52. The van der Waals surface area contributed by atoms with E-state index in [4.69, 9.17) is 16.0 Å². The van der Waals surface area contributed by atoms with Gasteiger partial charge in [-0.15, -0.1) is 0 Å². The minimum Gasteiger partial charge on any atom is -0.467 e. The first-order valence-corrected chi connectivity index (χ1v) is 8.89. The Morgan fingerprint density at radius 3 is 2.56 bits per heavy atom. The van der Waals surface area contributed by atoms with Crippen LogP contribution in [-0.2, 0) is 17.9 Å². The molecule has 0 bridgehead atoms. The molecule has 0 unspecified atom stereocenters. The molecular weight excluding hydrogens is 365 g/mol. The van der Waals surface area contributed by atoms with Crippen molar-refractivity contribution in [1.82, 2.24) is 4.90 Å². The summed E-state index contributed by atoms with van der Waals surface area (Å²) < 4.78 is 19.5. The normalized spacial score (nSPS) is 11.1. The molecule has 1 aromatic heterocycles. The molecule has 3 rings (SSSR count). The third-order valence-electron chi connectivity index (χ3n) is 4.14. The van der Waals surface area contributed by atoms with Crippen LogP contribution in [0.4, 0.5) is 4.39 Å². The second-order valence-electron chi connectivity index (χ2n) is 6.22. The summed E-state index contributed by atoms with van der Waals surface area (Å²) >= 11 is 6.13. The Labute approximate surface area is 162 Å². The number of hydrogen-bond donors (Lipinski definition) is 0. The first-order chi connectivity index (χ1) is 13.0. The molecule has 1 amide bonds. The molecule has 0 aliphatic rings. The van der Waals surface area contributed by atoms with Crippen molar-refractivity contribution in [3.8, 4) is 0 Å². The third-order valence-corrected chi connectivity index (χ3v) is 4.50. The molecule has 0 radical (unpaired) electrons. The van der Waals surface area contributed by atoms with Crippen molar-refractivity contribution < 1.29 is 13.6 Å². The molecule has 0 aliphatic heterocycles. The molecule has 0 fully saturated rings. The van der Waals surface area contributed by atoms with Crippen molar-refractivity contribution in [2.24, 2.45) is 0 Å². The van der Waals surface area contributed by atoms with Crippen molar-refractivity contribution in [2.45, 2.75) is 20.0 Å². The van der Waals surface area contributed by atoms with E-state index in [1.165, 1.54) is 29.4 Å². The summed E-state index contributed by atoms with van der Waals surface area (Å²) in [7, 11) is 0. The number of hydrogen-bond acceptors (Lipinski definition) is 2. The lowest BCUT2D eigenvalue weighted by Crippen LogP contribution is -2.29. The summed E-state index contributed by atoms with van der Waals surface area (Å²) in [4.78, 5) is 14.3. The fraction of sp³-hybridized carbons (Fsp3) is 0.136. The molecule has 0 atom stereocenters. The van der Waals surface area contributed by atoms with Crippen molar-refractivity contribution in [1.29, 1.82) is 0 Å². The third kappa shape index (κ3) is 5.08. The van der Waals surface area contributed by atoms with Gasteiger partial charge in [0.15, 0.2) is 0 Å². The number of benzene rings is 2. The Hall–Kier alpha value is -2.85. The first kappa shape index (κ1) is 18.9. The van der Waals surface area contributed by atoms with Gasteiger partial charge >= 0.3 is 0 Å². The van der Waals surface area contributed by atoms with Gasteiger partial charge in [-0.25, -0.2) is 4.39 Å². The number of carbonyl (C=O) groups is 1. The summed E-state index contributed by atoms with van der Waals surface area (Å²) in [6, 6.07) is 15.8. The summed E-state index contributed by atoms with van der Waals surface area (Å²) in [5.74, 6) is -0.0897. The maximum atomic E-state index is 14.2. The van der Waals surface area contributed by atoms with E-state index in [1.807, 2.05) is 31.2 Å². The molecule has 0 saturated carbocycles. The van der Waals surface area contributed by atoms with Crippen LogP contribution in [0.15, 0.2) is 71.4 Å². The molecule has 1 heterocycles. The highest BCUT2D eigenvalue weighted by Gasteiger charge is 2.17. The Balaban J connectivity index is 1.82. The molecule has 0 saturated heterocycles. The molecule has 138 valence electrons. The van der Waals surface area contributed by atoms with E-state index < -0.39 is 5.82 Å². The fourth-order valence-corrected chi connectivity index (χ4v) is 2.85. The number of halogens is 2. The fourth-order valence-electron chi connectivity index (χ4n) is 2.63. The highest BCUT2D eigenvalue weighted by molar-refractivity contribution is 6.31. The van der Waals surface area contributed by atoms with E-state index in [-0.39, 0.29) is 29.6 Å². The number of amides is 1. The van der Waals surface area contributed by atoms with Gasteiger partial charge in [0.25, 0.3) is 0 Å². The predicted molar refractivity (Wildman–Crippen MR) is 105 cm³/mol. The van der Waals surface area contributed by atoms with Crippen molar-refractivity contribution in [3.05, 3.63) is 100 Å². The van der Waals surface area contributed by atoms with Crippen molar-refractivity contribution in [3.63, 3.8) is 0 Å². The minimum atomic E-state index is -0.442. The number of aryl methyl sites for hydroxylation is 1. The molecule has 0 N–H and O–H groups in total. The Bertz CT molecular complexity index is 913. The van der Waals surface area contributed by atoms with E-state index >= 15 is 0 Å².